The zero-order valence-electron chi connectivity index (χ0n) is 8.27. The van der Waals surface area contributed by atoms with Crippen LogP contribution in [0.25, 0.3) is 0 Å². The Bertz CT molecular complexity index is 329. The van der Waals surface area contributed by atoms with E-state index < -0.39 is 0 Å². The zero-order valence-corrected chi connectivity index (χ0v) is 9.08. The second kappa shape index (κ2) is 4.65. The van der Waals surface area contributed by atoms with Crippen molar-refractivity contribution < 1.29 is 9.53 Å². The second-order valence-corrected chi connectivity index (χ2v) is 3.86. The summed E-state index contributed by atoms with van der Waals surface area (Å²) in [5.74, 6) is -0.195. The highest BCUT2D eigenvalue weighted by Gasteiger charge is 2.28. The van der Waals surface area contributed by atoms with Gasteiger partial charge in [-0.3, -0.25) is 4.79 Å². The summed E-state index contributed by atoms with van der Waals surface area (Å²) in [7, 11) is 1.64. The molecule has 7 heteroatoms. The van der Waals surface area contributed by atoms with Crippen LogP contribution < -0.4 is 10.6 Å². The van der Waals surface area contributed by atoms with Gasteiger partial charge in [-0.05, 0) is 0 Å². The van der Waals surface area contributed by atoms with Crippen molar-refractivity contribution in [3.05, 3.63) is 11.9 Å². The van der Waals surface area contributed by atoms with Gasteiger partial charge in [0.2, 0.25) is 0 Å². The van der Waals surface area contributed by atoms with Crippen molar-refractivity contribution in [3.8, 4) is 0 Å². The van der Waals surface area contributed by atoms with Crippen LogP contribution in [0.15, 0.2) is 6.20 Å². The molecule has 0 radical (unpaired) electrons. The normalized spacial score (nSPS) is 25.4. The molecule has 0 saturated carbocycles. The van der Waals surface area contributed by atoms with Gasteiger partial charge in [0, 0.05) is 20.2 Å². The minimum absolute atomic E-state index is 0.00389. The predicted octanol–water partition coefficient (Wildman–Crippen LogP) is -0.745. The lowest BCUT2D eigenvalue weighted by Gasteiger charge is -2.17. The van der Waals surface area contributed by atoms with E-state index in [2.05, 4.69) is 19.4 Å². The third kappa shape index (κ3) is 2.31. The molecule has 15 heavy (non-hydrogen) atoms. The second-order valence-electron chi connectivity index (χ2n) is 3.31. The molecule has 2 atom stereocenters. The van der Waals surface area contributed by atoms with Crippen LogP contribution in [-0.4, -0.2) is 47.0 Å². The van der Waals surface area contributed by atoms with Crippen LogP contribution in [0.4, 0.5) is 0 Å². The molecule has 1 amide bonds. The highest BCUT2D eigenvalue weighted by molar-refractivity contribution is 6.99. The quantitative estimate of drug-likeness (QED) is 0.712. The van der Waals surface area contributed by atoms with Crippen molar-refractivity contribution >= 4 is 17.6 Å². The Hall–Kier alpha value is -1.05. The summed E-state index contributed by atoms with van der Waals surface area (Å²) in [5, 5.41) is 6.01. The molecular formula is C8H12N4O2S. The lowest BCUT2D eigenvalue weighted by atomic mass is 10.2. The highest BCUT2D eigenvalue weighted by Crippen LogP contribution is 2.05. The average Bonchev–Trinajstić information content (AvgIpc) is 2.87. The molecule has 6 nitrogen and oxygen atoms in total. The SMILES string of the molecule is CO[C@H]1CNCC1NC(=O)c1cnsn1. The number of carbonyl (C=O) groups excluding carboxylic acids is 1. The number of ether oxygens (including phenoxy) is 1. The molecule has 2 heterocycles. The van der Waals surface area contributed by atoms with Crippen LogP contribution in [0.1, 0.15) is 10.5 Å². The Morgan fingerprint density at radius 2 is 2.60 bits per heavy atom. The Labute approximate surface area is 91.4 Å². The maximum absolute atomic E-state index is 11.6. The first-order chi connectivity index (χ1) is 7.31. The number of rotatable bonds is 3. The summed E-state index contributed by atoms with van der Waals surface area (Å²) in [6.45, 7) is 1.48. The molecule has 1 unspecified atom stereocenters. The fraction of sp³-hybridized carbons (Fsp3) is 0.625. The number of nitrogens with zero attached hydrogens (tertiary/aromatic N) is 2. The van der Waals surface area contributed by atoms with E-state index >= 15 is 0 Å². The van der Waals surface area contributed by atoms with Crippen molar-refractivity contribution in [1.82, 2.24) is 19.4 Å². The van der Waals surface area contributed by atoms with Crippen molar-refractivity contribution in [2.45, 2.75) is 12.1 Å². The van der Waals surface area contributed by atoms with E-state index in [1.807, 2.05) is 0 Å². The summed E-state index contributed by atoms with van der Waals surface area (Å²) < 4.78 is 12.9. The summed E-state index contributed by atoms with van der Waals surface area (Å²) >= 11 is 1.02. The Morgan fingerprint density at radius 3 is 3.27 bits per heavy atom. The van der Waals surface area contributed by atoms with Crippen LogP contribution in [0.3, 0.4) is 0 Å². The number of carbonyl (C=O) groups is 1. The first-order valence-electron chi connectivity index (χ1n) is 4.63. The standard InChI is InChI=1S/C8H12N4O2S/c1-14-7-4-9-2-5(7)11-8(13)6-3-10-15-12-6/h3,5,7,9H,2,4H2,1H3,(H,11,13)/t5?,7-/m0/s1. The van der Waals surface area contributed by atoms with Crippen molar-refractivity contribution in [1.29, 1.82) is 0 Å². The van der Waals surface area contributed by atoms with Crippen LogP contribution in [0.2, 0.25) is 0 Å². The molecule has 82 valence electrons. The number of methoxy groups -OCH3 is 1. The van der Waals surface area contributed by atoms with Crippen molar-refractivity contribution in [3.63, 3.8) is 0 Å². The maximum Gasteiger partial charge on any atom is 0.273 e. The summed E-state index contributed by atoms with van der Waals surface area (Å²) in [4.78, 5) is 11.6. The smallest absolute Gasteiger partial charge is 0.273 e. The minimum atomic E-state index is -0.195. The summed E-state index contributed by atoms with van der Waals surface area (Å²) in [5.41, 5.74) is 0.363. The van der Waals surface area contributed by atoms with Gasteiger partial charge in [-0.15, -0.1) is 0 Å². The van der Waals surface area contributed by atoms with Gasteiger partial charge < -0.3 is 15.4 Å². The monoisotopic (exact) mass is 228 g/mol. The largest absolute Gasteiger partial charge is 0.378 e. The molecule has 1 aromatic rings. The number of nitrogens with one attached hydrogen (secondary N) is 2. The number of aromatic nitrogens is 2. The average molecular weight is 228 g/mol. The van der Waals surface area contributed by atoms with Crippen LogP contribution in [-0.2, 0) is 4.74 Å². The highest BCUT2D eigenvalue weighted by atomic mass is 32.1. The predicted molar refractivity (Wildman–Crippen MR) is 54.8 cm³/mol. The number of hydrogen-bond donors (Lipinski definition) is 2. The summed E-state index contributed by atoms with van der Waals surface area (Å²) in [6.07, 6.45) is 1.49. The third-order valence-corrected chi connectivity index (χ3v) is 2.85. The van der Waals surface area contributed by atoms with E-state index in [4.69, 9.17) is 4.74 Å². The fourth-order valence-electron chi connectivity index (χ4n) is 1.55. The third-order valence-electron chi connectivity index (χ3n) is 2.37. The Morgan fingerprint density at radius 1 is 1.73 bits per heavy atom. The van der Waals surface area contributed by atoms with Crippen molar-refractivity contribution in [2.75, 3.05) is 20.2 Å². The fourth-order valence-corrected chi connectivity index (χ4v) is 1.97. The molecule has 0 aromatic carbocycles. The molecule has 0 bridgehead atoms. The van der Waals surface area contributed by atoms with Gasteiger partial charge >= 0.3 is 0 Å². The topological polar surface area (TPSA) is 76.1 Å². The van der Waals surface area contributed by atoms with E-state index in [9.17, 15) is 4.79 Å². The molecule has 1 aromatic heterocycles. The van der Waals surface area contributed by atoms with Crippen molar-refractivity contribution in [2.24, 2.45) is 0 Å². The molecular weight excluding hydrogens is 216 g/mol. The van der Waals surface area contributed by atoms with Crippen LogP contribution in [0, 0.1) is 0 Å². The number of amides is 1. The molecule has 0 spiro atoms. The molecule has 0 aliphatic carbocycles. The van der Waals surface area contributed by atoms with E-state index in [0.29, 0.717) is 5.69 Å². The molecule has 1 aliphatic rings. The van der Waals surface area contributed by atoms with Gasteiger partial charge in [-0.1, -0.05) is 0 Å². The molecule has 1 aliphatic heterocycles. The lowest BCUT2D eigenvalue weighted by Crippen LogP contribution is -2.43. The van der Waals surface area contributed by atoms with Crippen LogP contribution >= 0.6 is 11.7 Å². The Balaban J connectivity index is 1.94. The van der Waals surface area contributed by atoms with Gasteiger partial charge in [-0.25, -0.2) is 0 Å². The lowest BCUT2D eigenvalue weighted by molar-refractivity contribution is 0.0777. The van der Waals surface area contributed by atoms with Crippen LogP contribution in [0.5, 0.6) is 0 Å². The van der Waals surface area contributed by atoms with Gasteiger partial charge in [0.25, 0.3) is 5.91 Å². The van der Waals surface area contributed by atoms with E-state index in [1.165, 1.54) is 6.20 Å². The van der Waals surface area contributed by atoms with E-state index in [-0.39, 0.29) is 18.1 Å². The van der Waals surface area contributed by atoms with E-state index in [0.717, 1.165) is 24.8 Å². The first-order valence-corrected chi connectivity index (χ1v) is 5.36. The van der Waals surface area contributed by atoms with Gasteiger partial charge in [-0.2, -0.15) is 8.75 Å². The van der Waals surface area contributed by atoms with Gasteiger partial charge in [0.05, 0.1) is 30.1 Å². The molecule has 2 rings (SSSR count). The minimum Gasteiger partial charge on any atom is -0.378 e. The van der Waals surface area contributed by atoms with Gasteiger partial charge in [0.1, 0.15) is 0 Å². The molecule has 1 fully saturated rings. The number of hydrogen-bond acceptors (Lipinski definition) is 6. The van der Waals surface area contributed by atoms with E-state index in [1.54, 1.807) is 7.11 Å². The zero-order chi connectivity index (χ0) is 10.7. The molecule has 2 N–H and O–H groups in total. The maximum atomic E-state index is 11.6. The first kappa shape index (κ1) is 10.5. The Kier molecular flexibility index (Phi) is 3.24. The summed E-state index contributed by atoms with van der Waals surface area (Å²) in [6, 6.07) is 0.00389. The van der Waals surface area contributed by atoms with Gasteiger partial charge in [0.15, 0.2) is 5.69 Å². The molecule has 1 saturated heterocycles.